The zero-order valence-corrected chi connectivity index (χ0v) is 22.7. The number of H-pyrrole nitrogens is 2. The van der Waals surface area contributed by atoms with Crippen LogP contribution in [0.1, 0.15) is 36.6 Å². The van der Waals surface area contributed by atoms with Crippen molar-refractivity contribution in [2.45, 2.75) is 26.2 Å². The third-order valence-electron chi connectivity index (χ3n) is 7.93. The van der Waals surface area contributed by atoms with Crippen molar-refractivity contribution in [2.75, 3.05) is 26.2 Å². The molecule has 4 aromatic heterocycles. The van der Waals surface area contributed by atoms with Gasteiger partial charge < -0.3 is 9.72 Å². The number of hydrogen-bond donors (Lipinski definition) is 2. The first-order valence-corrected chi connectivity index (χ1v) is 13.9. The Hall–Kier alpha value is -4.24. The lowest BCUT2D eigenvalue weighted by atomic mass is 9.86. The number of aromatic amines is 2. The lowest BCUT2D eigenvalue weighted by Crippen LogP contribution is -2.25. The summed E-state index contributed by atoms with van der Waals surface area (Å²) in [6.07, 6.45) is 11.2. The van der Waals surface area contributed by atoms with Crippen molar-refractivity contribution in [3.8, 4) is 28.3 Å². The standard InChI is InChI=1S/C31H32FN7O/c1-19-9-25(20-11-23(32)14-24(12-20)40-8-7-39-5-3-4-6-39)26-15-29(35-28(26)10-19)30-27-13-21(16-33-31(27)37-36-30)22-17-34-38(2)18-22/h9,11-19,35H,3-8,10H2,1-2H3,(H,33,36,37). The van der Waals surface area contributed by atoms with Crippen molar-refractivity contribution < 1.29 is 9.13 Å². The Morgan fingerprint density at radius 1 is 1.05 bits per heavy atom. The first kappa shape index (κ1) is 24.8. The number of rotatable bonds is 7. The SMILES string of the molecule is CC1C=C(c2cc(F)cc(OCCN3CCCC3)c2)c2cc(-c3n[nH]c4ncc(-c5cnn(C)c5)cc34)[nH]c2C1. The predicted molar refractivity (Wildman–Crippen MR) is 153 cm³/mol. The van der Waals surface area contributed by atoms with Crippen LogP contribution in [-0.2, 0) is 13.5 Å². The number of allylic oxidation sites excluding steroid dienone is 1. The fraction of sp³-hybridized carbons (Fsp3) is 0.323. The van der Waals surface area contributed by atoms with Crippen LogP contribution in [-0.4, -0.2) is 61.1 Å². The van der Waals surface area contributed by atoms with Gasteiger partial charge in [-0.15, -0.1) is 0 Å². The van der Waals surface area contributed by atoms with Crippen molar-refractivity contribution in [1.82, 2.24) is 34.8 Å². The van der Waals surface area contributed by atoms with Crippen molar-refractivity contribution >= 4 is 16.6 Å². The monoisotopic (exact) mass is 537 g/mol. The molecule has 0 amide bonds. The molecule has 1 aliphatic carbocycles. The van der Waals surface area contributed by atoms with E-state index in [2.05, 4.69) is 55.3 Å². The lowest BCUT2D eigenvalue weighted by molar-refractivity contribution is 0.237. The Balaban J connectivity index is 1.21. The van der Waals surface area contributed by atoms with Gasteiger partial charge in [-0.05, 0) is 73.7 Å². The second-order valence-electron chi connectivity index (χ2n) is 11.0. The van der Waals surface area contributed by atoms with Gasteiger partial charge >= 0.3 is 0 Å². The van der Waals surface area contributed by atoms with E-state index in [4.69, 9.17) is 4.74 Å². The summed E-state index contributed by atoms with van der Waals surface area (Å²) in [5, 5.41) is 12.9. The number of hydrogen-bond acceptors (Lipinski definition) is 5. The molecule has 2 N–H and O–H groups in total. The van der Waals surface area contributed by atoms with Crippen LogP contribution < -0.4 is 4.74 Å². The van der Waals surface area contributed by atoms with E-state index in [0.717, 1.165) is 82.0 Å². The number of benzene rings is 1. The van der Waals surface area contributed by atoms with Crippen LogP contribution >= 0.6 is 0 Å². The minimum atomic E-state index is -0.294. The van der Waals surface area contributed by atoms with E-state index in [1.165, 1.54) is 18.9 Å². The van der Waals surface area contributed by atoms with Gasteiger partial charge in [0.15, 0.2) is 5.65 Å². The number of pyridine rings is 1. The Morgan fingerprint density at radius 3 is 2.75 bits per heavy atom. The van der Waals surface area contributed by atoms with E-state index in [0.29, 0.717) is 18.3 Å². The molecule has 0 bridgehead atoms. The second-order valence-corrected chi connectivity index (χ2v) is 11.0. The van der Waals surface area contributed by atoms with Gasteiger partial charge in [0.1, 0.15) is 23.9 Å². The number of nitrogens with zero attached hydrogens (tertiary/aromatic N) is 5. The van der Waals surface area contributed by atoms with Crippen LogP contribution in [0.4, 0.5) is 4.39 Å². The molecule has 8 nitrogen and oxygen atoms in total. The molecule has 0 spiro atoms. The topological polar surface area (TPSA) is 87.7 Å². The normalized spacial score (nSPS) is 17.4. The molecule has 0 radical (unpaired) electrons. The number of aromatic nitrogens is 6. The van der Waals surface area contributed by atoms with E-state index >= 15 is 0 Å². The first-order chi connectivity index (χ1) is 19.5. The molecule has 40 heavy (non-hydrogen) atoms. The Labute approximate surface area is 231 Å². The van der Waals surface area contributed by atoms with Crippen molar-refractivity contribution in [3.05, 3.63) is 77.6 Å². The summed E-state index contributed by atoms with van der Waals surface area (Å²) in [4.78, 5) is 10.6. The zero-order valence-electron chi connectivity index (χ0n) is 22.7. The molecule has 0 saturated carbocycles. The highest BCUT2D eigenvalue weighted by Gasteiger charge is 2.24. The Kier molecular flexibility index (Phi) is 6.23. The third-order valence-corrected chi connectivity index (χ3v) is 7.93. The molecule has 1 atom stereocenters. The molecule has 7 rings (SSSR count). The van der Waals surface area contributed by atoms with E-state index in [-0.39, 0.29) is 5.82 Å². The lowest BCUT2D eigenvalue weighted by Gasteiger charge is -2.20. The van der Waals surface area contributed by atoms with Gasteiger partial charge in [-0.3, -0.25) is 14.7 Å². The van der Waals surface area contributed by atoms with E-state index in [1.807, 2.05) is 31.7 Å². The first-order valence-electron chi connectivity index (χ1n) is 13.9. The maximum Gasteiger partial charge on any atom is 0.155 e. The quantitative estimate of drug-likeness (QED) is 0.283. The molecule has 204 valence electrons. The summed E-state index contributed by atoms with van der Waals surface area (Å²) in [5.74, 6) is 0.571. The van der Waals surface area contributed by atoms with Gasteiger partial charge in [-0.25, -0.2) is 9.37 Å². The minimum Gasteiger partial charge on any atom is -0.492 e. The van der Waals surface area contributed by atoms with Gasteiger partial charge in [0.2, 0.25) is 0 Å². The molecular weight excluding hydrogens is 505 g/mol. The van der Waals surface area contributed by atoms with Crippen LogP contribution in [0.3, 0.4) is 0 Å². The van der Waals surface area contributed by atoms with E-state index in [1.54, 1.807) is 10.7 Å². The minimum absolute atomic E-state index is 0.294. The molecule has 1 unspecified atom stereocenters. The highest BCUT2D eigenvalue weighted by atomic mass is 19.1. The van der Waals surface area contributed by atoms with E-state index in [9.17, 15) is 4.39 Å². The van der Waals surface area contributed by atoms with Crippen LogP contribution in [0.2, 0.25) is 0 Å². The van der Waals surface area contributed by atoms with Gasteiger partial charge in [0, 0.05) is 59.8 Å². The van der Waals surface area contributed by atoms with Gasteiger partial charge in [0.25, 0.3) is 0 Å². The second kappa shape index (κ2) is 10.1. The van der Waals surface area contributed by atoms with Crippen LogP contribution in [0.15, 0.2) is 55.0 Å². The van der Waals surface area contributed by atoms with Gasteiger partial charge in [0.05, 0.1) is 11.9 Å². The fourth-order valence-corrected chi connectivity index (χ4v) is 5.97. The third kappa shape index (κ3) is 4.70. The number of likely N-dealkylation sites (tertiary alicyclic amines) is 1. The van der Waals surface area contributed by atoms with Crippen molar-refractivity contribution in [3.63, 3.8) is 0 Å². The average Bonchev–Trinajstić information content (AvgIpc) is 3.74. The summed E-state index contributed by atoms with van der Waals surface area (Å²) in [6.45, 7) is 5.84. The molecule has 9 heteroatoms. The Morgan fingerprint density at radius 2 is 1.93 bits per heavy atom. The maximum atomic E-state index is 14.8. The predicted octanol–water partition coefficient (Wildman–Crippen LogP) is 5.59. The van der Waals surface area contributed by atoms with Crippen molar-refractivity contribution in [2.24, 2.45) is 13.0 Å². The van der Waals surface area contributed by atoms with Crippen LogP contribution in [0.5, 0.6) is 5.75 Å². The molecule has 1 aliphatic heterocycles. The summed E-state index contributed by atoms with van der Waals surface area (Å²) in [6, 6.07) is 9.25. The van der Waals surface area contributed by atoms with Crippen molar-refractivity contribution in [1.29, 1.82) is 0 Å². The smallest absolute Gasteiger partial charge is 0.155 e. The Bertz CT molecular complexity index is 1720. The summed E-state index contributed by atoms with van der Waals surface area (Å²) >= 11 is 0. The molecule has 2 aliphatic rings. The zero-order chi connectivity index (χ0) is 27.2. The van der Waals surface area contributed by atoms with Crippen LogP contribution in [0, 0.1) is 11.7 Å². The summed E-state index contributed by atoms with van der Waals surface area (Å²) in [5.41, 5.74) is 8.42. The number of nitrogens with one attached hydrogen (secondary N) is 2. The van der Waals surface area contributed by atoms with E-state index < -0.39 is 0 Å². The van der Waals surface area contributed by atoms with Gasteiger partial charge in [-0.2, -0.15) is 10.2 Å². The largest absolute Gasteiger partial charge is 0.492 e. The maximum absolute atomic E-state index is 14.8. The molecule has 5 heterocycles. The van der Waals surface area contributed by atoms with Gasteiger partial charge in [-0.1, -0.05) is 13.0 Å². The molecular formula is C31H32FN7O. The molecule has 1 aromatic carbocycles. The number of fused-ring (bicyclic) bond motifs is 2. The number of aryl methyl sites for hydroxylation is 1. The average molecular weight is 538 g/mol. The van der Waals surface area contributed by atoms with Crippen LogP contribution in [0.25, 0.3) is 39.1 Å². The highest BCUT2D eigenvalue weighted by molar-refractivity contribution is 5.94. The summed E-state index contributed by atoms with van der Waals surface area (Å²) in [7, 11) is 1.90. The number of halogens is 1. The summed E-state index contributed by atoms with van der Waals surface area (Å²) < 4.78 is 22.6. The fourth-order valence-electron chi connectivity index (χ4n) is 5.97. The molecule has 5 aromatic rings. The highest BCUT2D eigenvalue weighted by Crippen LogP contribution is 2.39. The molecule has 1 fully saturated rings. The number of ether oxygens (including phenoxy) is 1. The molecule has 1 saturated heterocycles.